The highest BCUT2D eigenvalue weighted by Crippen LogP contribution is 2.28. The van der Waals surface area contributed by atoms with Crippen molar-refractivity contribution in [3.05, 3.63) is 60.2 Å². The van der Waals surface area contributed by atoms with Gasteiger partial charge in [0, 0.05) is 0 Å². The van der Waals surface area contributed by atoms with Gasteiger partial charge in [-0.15, -0.1) is 0 Å². The normalized spacial score (nSPS) is 13.4. The number of rotatable bonds is 6. The molecule has 2 rings (SSSR count). The number of halogens is 2. The SMILES string of the molecule is CC(O)(CC(=O)Nc1ccccc1OC(F)F)c1ccccc1. The van der Waals surface area contributed by atoms with Gasteiger partial charge >= 0.3 is 6.61 Å². The van der Waals surface area contributed by atoms with Crippen LogP contribution < -0.4 is 10.1 Å². The van der Waals surface area contributed by atoms with Crippen LogP contribution in [0.25, 0.3) is 0 Å². The van der Waals surface area contributed by atoms with E-state index in [0.29, 0.717) is 5.56 Å². The highest BCUT2D eigenvalue weighted by molar-refractivity contribution is 5.92. The number of hydrogen-bond acceptors (Lipinski definition) is 3. The molecule has 6 heteroatoms. The van der Waals surface area contributed by atoms with Gasteiger partial charge in [0.15, 0.2) is 0 Å². The zero-order valence-corrected chi connectivity index (χ0v) is 12.5. The molecule has 2 aromatic carbocycles. The van der Waals surface area contributed by atoms with E-state index in [2.05, 4.69) is 10.1 Å². The number of aliphatic hydroxyl groups is 1. The molecular formula is C17H17F2NO3. The molecule has 1 unspecified atom stereocenters. The Balaban J connectivity index is 2.08. The van der Waals surface area contributed by atoms with Gasteiger partial charge in [0.25, 0.3) is 0 Å². The van der Waals surface area contributed by atoms with Crippen molar-refractivity contribution in [1.82, 2.24) is 0 Å². The molecule has 0 saturated heterocycles. The van der Waals surface area contributed by atoms with E-state index in [0.717, 1.165) is 0 Å². The number of para-hydroxylation sites is 2. The summed E-state index contributed by atoms with van der Waals surface area (Å²) in [5.41, 5.74) is -0.655. The molecule has 0 aliphatic heterocycles. The van der Waals surface area contributed by atoms with Crippen LogP contribution in [0.5, 0.6) is 5.75 Å². The summed E-state index contributed by atoms with van der Waals surface area (Å²) in [6.07, 6.45) is -0.222. The highest BCUT2D eigenvalue weighted by atomic mass is 19.3. The number of amides is 1. The fourth-order valence-corrected chi connectivity index (χ4v) is 2.17. The summed E-state index contributed by atoms with van der Waals surface area (Å²) in [7, 11) is 0. The first-order valence-corrected chi connectivity index (χ1v) is 7.00. The molecule has 0 aliphatic rings. The number of carbonyl (C=O) groups excluding carboxylic acids is 1. The van der Waals surface area contributed by atoms with E-state index < -0.39 is 18.1 Å². The molecule has 0 radical (unpaired) electrons. The van der Waals surface area contributed by atoms with Gasteiger partial charge in [-0.1, -0.05) is 42.5 Å². The van der Waals surface area contributed by atoms with Gasteiger partial charge in [0.05, 0.1) is 17.7 Å². The van der Waals surface area contributed by atoms with Crippen molar-refractivity contribution in [2.45, 2.75) is 25.6 Å². The smallest absolute Gasteiger partial charge is 0.387 e. The quantitative estimate of drug-likeness (QED) is 0.856. The van der Waals surface area contributed by atoms with Crippen LogP contribution in [0.4, 0.5) is 14.5 Å². The summed E-state index contributed by atoms with van der Waals surface area (Å²) >= 11 is 0. The minimum atomic E-state index is -2.99. The van der Waals surface area contributed by atoms with Crippen LogP contribution in [0.2, 0.25) is 0 Å². The molecule has 4 nitrogen and oxygen atoms in total. The monoisotopic (exact) mass is 321 g/mol. The number of benzene rings is 2. The summed E-state index contributed by atoms with van der Waals surface area (Å²) in [5.74, 6) is -0.639. The van der Waals surface area contributed by atoms with E-state index in [-0.39, 0.29) is 17.9 Å². The van der Waals surface area contributed by atoms with E-state index in [9.17, 15) is 18.7 Å². The van der Waals surface area contributed by atoms with Gasteiger partial charge < -0.3 is 15.2 Å². The molecule has 0 bridgehead atoms. The number of hydrogen-bond donors (Lipinski definition) is 2. The Labute approximate surface area is 132 Å². The number of anilines is 1. The van der Waals surface area contributed by atoms with E-state index in [4.69, 9.17) is 0 Å². The van der Waals surface area contributed by atoms with Crippen LogP contribution in [-0.4, -0.2) is 17.6 Å². The van der Waals surface area contributed by atoms with Crippen molar-refractivity contribution < 1.29 is 23.4 Å². The zero-order chi connectivity index (χ0) is 16.9. The van der Waals surface area contributed by atoms with Crippen LogP contribution in [-0.2, 0) is 10.4 Å². The van der Waals surface area contributed by atoms with Crippen molar-refractivity contribution in [2.24, 2.45) is 0 Å². The van der Waals surface area contributed by atoms with E-state index in [1.165, 1.54) is 25.1 Å². The molecule has 0 spiro atoms. The van der Waals surface area contributed by atoms with Gasteiger partial charge in [-0.25, -0.2) is 0 Å². The Morgan fingerprint density at radius 3 is 2.43 bits per heavy atom. The van der Waals surface area contributed by atoms with Crippen LogP contribution >= 0.6 is 0 Å². The summed E-state index contributed by atoms with van der Waals surface area (Å²) in [4.78, 5) is 12.1. The van der Waals surface area contributed by atoms with Gasteiger partial charge in [-0.3, -0.25) is 4.79 Å². The summed E-state index contributed by atoms with van der Waals surface area (Å²) in [6.45, 7) is -1.47. The molecule has 2 N–H and O–H groups in total. The number of ether oxygens (including phenoxy) is 1. The lowest BCUT2D eigenvalue weighted by atomic mass is 9.92. The summed E-state index contributed by atoms with van der Waals surface area (Å²) < 4.78 is 29.1. The minimum absolute atomic E-state index is 0.127. The molecule has 0 fully saturated rings. The first-order chi connectivity index (χ1) is 10.9. The van der Waals surface area contributed by atoms with Crippen LogP contribution in [0.1, 0.15) is 18.9 Å². The Morgan fingerprint density at radius 2 is 1.78 bits per heavy atom. The second-order valence-corrected chi connectivity index (χ2v) is 5.24. The maximum atomic E-state index is 12.4. The van der Waals surface area contributed by atoms with Crippen LogP contribution in [0.3, 0.4) is 0 Å². The molecule has 0 heterocycles. The first kappa shape index (κ1) is 16.9. The maximum absolute atomic E-state index is 12.4. The molecule has 1 amide bonds. The summed E-state index contributed by atoms with van der Waals surface area (Å²) in [5, 5.41) is 12.9. The minimum Gasteiger partial charge on any atom is -0.433 e. The Morgan fingerprint density at radius 1 is 1.17 bits per heavy atom. The predicted octanol–water partition coefficient (Wildman–Crippen LogP) is 3.52. The lowest BCUT2D eigenvalue weighted by Gasteiger charge is -2.23. The Kier molecular flexibility index (Phi) is 5.28. The van der Waals surface area contributed by atoms with E-state index in [1.54, 1.807) is 36.4 Å². The molecule has 23 heavy (non-hydrogen) atoms. The summed E-state index contributed by atoms with van der Waals surface area (Å²) in [6, 6.07) is 14.6. The average molecular weight is 321 g/mol. The third-order valence-electron chi connectivity index (χ3n) is 3.28. The molecule has 2 aromatic rings. The lowest BCUT2D eigenvalue weighted by Crippen LogP contribution is -2.28. The second kappa shape index (κ2) is 7.19. The van der Waals surface area contributed by atoms with Gasteiger partial charge in [0.1, 0.15) is 5.75 Å². The van der Waals surface area contributed by atoms with Crippen molar-refractivity contribution in [2.75, 3.05) is 5.32 Å². The third-order valence-corrected chi connectivity index (χ3v) is 3.28. The van der Waals surface area contributed by atoms with E-state index >= 15 is 0 Å². The molecule has 0 aliphatic carbocycles. The maximum Gasteiger partial charge on any atom is 0.387 e. The number of alkyl halides is 2. The van der Waals surface area contributed by atoms with Crippen molar-refractivity contribution >= 4 is 11.6 Å². The molecule has 1 atom stereocenters. The number of nitrogens with one attached hydrogen (secondary N) is 1. The van der Waals surface area contributed by atoms with Gasteiger partial charge in [-0.05, 0) is 24.6 Å². The Hall–Kier alpha value is -2.47. The predicted molar refractivity (Wildman–Crippen MR) is 82.3 cm³/mol. The van der Waals surface area contributed by atoms with Gasteiger partial charge in [-0.2, -0.15) is 8.78 Å². The first-order valence-electron chi connectivity index (χ1n) is 7.00. The van der Waals surface area contributed by atoms with Crippen LogP contribution in [0, 0.1) is 0 Å². The number of carbonyl (C=O) groups is 1. The van der Waals surface area contributed by atoms with Crippen LogP contribution in [0.15, 0.2) is 54.6 Å². The second-order valence-electron chi connectivity index (χ2n) is 5.24. The standard InChI is InChI=1S/C17H17F2NO3/c1-17(22,12-7-3-2-4-8-12)11-15(21)20-13-9-5-6-10-14(13)23-16(18)19/h2-10,16,22H,11H2,1H3,(H,20,21). The fourth-order valence-electron chi connectivity index (χ4n) is 2.17. The molecular weight excluding hydrogens is 304 g/mol. The zero-order valence-electron chi connectivity index (χ0n) is 12.5. The molecule has 122 valence electrons. The van der Waals surface area contributed by atoms with Crippen molar-refractivity contribution in [3.8, 4) is 5.75 Å². The molecule has 0 aromatic heterocycles. The Bertz CT molecular complexity index is 660. The topological polar surface area (TPSA) is 58.6 Å². The van der Waals surface area contributed by atoms with Crippen molar-refractivity contribution in [3.63, 3.8) is 0 Å². The fraction of sp³-hybridized carbons (Fsp3) is 0.235. The van der Waals surface area contributed by atoms with Crippen molar-refractivity contribution in [1.29, 1.82) is 0 Å². The largest absolute Gasteiger partial charge is 0.433 e. The molecule has 0 saturated carbocycles. The lowest BCUT2D eigenvalue weighted by molar-refractivity contribution is -0.120. The third kappa shape index (κ3) is 4.75. The van der Waals surface area contributed by atoms with Gasteiger partial charge in [0.2, 0.25) is 5.91 Å². The average Bonchev–Trinajstić information content (AvgIpc) is 2.49. The van der Waals surface area contributed by atoms with E-state index in [1.807, 2.05) is 0 Å². The highest BCUT2D eigenvalue weighted by Gasteiger charge is 2.26.